The van der Waals surface area contributed by atoms with Gasteiger partial charge in [-0.15, -0.1) is 0 Å². The fourth-order valence-electron chi connectivity index (χ4n) is 4.85. The molecule has 140 valence electrons. The predicted octanol–water partition coefficient (Wildman–Crippen LogP) is 2.95. The molecule has 3 rings (SSSR count). The molecule has 1 fully saturated rings. The van der Waals surface area contributed by atoms with Gasteiger partial charge < -0.3 is 14.6 Å². The molecule has 0 aromatic carbocycles. The van der Waals surface area contributed by atoms with Crippen molar-refractivity contribution in [1.82, 2.24) is 0 Å². The van der Waals surface area contributed by atoms with Crippen molar-refractivity contribution in [3.05, 3.63) is 12.2 Å². The van der Waals surface area contributed by atoms with Crippen molar-refractivity contribution in [2.75, 3.05) is 0 Å². The zero-order chi connectivity index (χ0) is 19.0. The van der Waals surface area contributed by atoms with Gasteiger partial charge in [-0.1, -0.05) is 12.2 Å². The van der Waals surface area contributed by atoms with Crippen molar-refractivity contribution in [3.63, 3.8) is 0 Å². The van der Waals surface area contributed by atoms with Gasteiger partial charge in [0, 0.05) is 18.8 Å². The molecule has 0 heterocycles. The van der Waals surface area contributed by atoms with Crippen LogP contribution < -0.4 is 0 Å². The number of fused-ring (bicyclic) bond motifs is 2. The lowest BCUT2D eigenvalue weighted by Crippen LogP contribution is -2.57. The Morgan fingerprint density at radius 1 is 0.960 bits per heavy atom. The molecule has 0 aliphatic heterocycles. The smallest absolute Gasteiger partial charge is 0.317 e. The molecule has 1 N–H and O–H groups in total. The molecule has 2 bridgehead atoms. The molecule has 25 heavy (non-hydrogen) atoms. The van der Waals surface area contributed by atoms with Crippen LogP contribution in [0.4, 0.5) is 0 Å². The topological polar surface area (TPSA) is 89.9 Å². The molecule has 3 aliphatic carbocycles. The van der Waals surface area contributed by atoms with E-state index in [2.05, 4.69) is 12.2 Å². The van der Waals surface area contributed by atoms with E-state index in [1.807, 2.05) is 27.7 Å². The van der Waals surface area contributed by atoms with Gasteiger partial charge in [-0.2, -0.15) is 0 Å². The van der Waals surface area contributed by atoms with Gasteiger partial charge in [0.1, 0.15) is 17.6 Å². The van der Waals surface area contributed by atoms with Crippen LogP contribution in [0, 0.1) is 23.7 Å². The molecule has 0 aromatic heterocycles. The number of allylic oxidation sites excluding steroid dienone is 2. The van der Waals surface area contributed by atoms with E-state index in [0.717, 1.165) is 12.8 Å². The number of esters is 2. The Morgan fingerprint density at radius 2 is 1.40 bits per heavy atom. The first-order valence-corrected chi connectivity index (χ1v) is 8.75. The summed E-state index contributed by atoms with van der Waals surface area (Å²) in [5.74, 6) is -1.90. The average Bonchev–Trinajstić information content (AvgIpc) is 2.44. The van der Waals surface area contributed by atoms with Crippen molar-refractivity contribution in [2.45, 2.75) is 65.1 Å². The van der Waals surface area contributed by atoms with Gasteiger partial charge in [-0.25, -0.2) is 0 Å². The van der Waals surface area contributed by atoms with E-state index in [9.17, 15) is 14.4 Å². The van der Waals surface area contributed by atoms with Gasteiger partial charge in [0.2, 0.25) is 0 Å². The first-order chi connectivity index (χ1) is 11.4. The van der Waals surface area contributed by atoms with Crippen LogP contribution in [0.5, 0.6) is 0 Å². The molecule has 0 amide bonds. The van der Waals surface area contributed by atoms with Crippen molar-refractivity contribution >= 4 is 17.9 Å². The van der Waals surface area contributed by atoms with Crippen LogP contribution in [0.15, 0.2) is 12.2 Å². The number of ether oxygens (including phenoxy) is 2. The molecular weight excluding hydrogens is 324 g/mol. The molecule has 4 atom stereocenters. The summed E-state index contributed by atoms with van der Waals surface area (Å²) in [7, 11) is 0. The van der Waals surface area contributed by atoms with Crippen molar-refractivity contribution < 1.29 is 29.0 Å². The van der Waals surface area contributed by atoms with E-state index in [0.29, 0.717) is 0 Å². The quantitative estimate of drug-likeness (QED) is 0.449. The minimum Gasteiger partial charge on any atom is -0.481 e. The molecular formula is C19H28O6. The van der Waals surface area contributed by atoms with E-state index in [-0.39, 0.29) is 29.6 Å². The summed E-state index contributed by atoms with van der Waals surface area (Å²) >= 11 is 0. The number of rotatable bonds is 6. The van der Waals surface area contributed by atoms with Crippen molar-refractivity contribution in [1.29, 1.82) is 0 Å². The molecule has 3 aliphatic rings. The summed E-state index contributed by atoms with van der Waals surface area (Å²) in [4.78, 5) is 34.3. The van der Waals surface area contributed by atoms with Crippen LogP contribution in [0.3, 0.4) is 0 Å². The highest BCUT2D eigenvalue weighted by molar-refractivity contribution is 5.90. The minimum absolute atomic E-state index is 0.00669. The number of carbonyl (C=O) groups excluding carboxylic acids is 2. The summed E-state index contributed by atoms with van der Waals surface area (Å²) in [6, 6.07) is 0. The Kier molecular flexibility index (Phi) is 5.30. The zero-order valence-electron chi connectivity index (χ0n) is 15.6. The monoisotopic (exact) mass is 352 g/mol. The van der Waals surface area contributed by atoms with Gasteiger partial charge in [-0.05, 0) is 52.4 Å². The maximum atomic E-state index is 11.9. The lowest BCUT2D eigenvalue weighted by atomic mass is 9.54. The second kappa shape index (κ2) is 6.81. The summed E-state index contributed by atoms with van der Waals surface area (Å²) < 4.78 is 11.2. The molecule has 0 radical (unpaired) electrons. The van der Waals surface area contributed by atoms with Gasteiger partial charge >= 0.3 is 17.9 Å². The number of aliphatic carboxylic acids is 1. The number of hydrogen-bond acceptors (Lipinski definition) is 5. The first kappa shape index (κ1) is 19.5. The molecule has 6 nitrogen and oxygen atoms in total. The average molecular weight is 352 g/mol. The standard InChI is InChI=1S/C19H28O6/c1-11(20)24-18(2,3)16-12-6-8-13(9-7-12)17(16)19(4,5)25-15(23)10-14(21)22/h6,8,12-13,16-17H,7,9-10H2,1-5H3,(H,21,22). The SMILES string of the molecule is CC(=O)OC(C)(C)C1C2C=CC(CC2)C1C(C)(C)OC(=O)CC(=O)O. The Morgan fingerprint density at radius 3 is 1.76 bits per heavy atom. The molecule has 0 saturated heterocycles. The number of carboxylic acid groups (broad SMARTS) is 1. The lowest BCUT2D eigenvalue weighted by molar-refractivity contribution is -0.193. The molecule has 4 unspecified atom stereocenters. The largest absolute Gasteiger partial charge is 0.481 e. The minimum atomic E-state index is -1.21. The summed E-state index contributed by atoms with van der Waals surface area (Å²) in [5.41, 5.74) is -1.57. The number of hydrogen-bond donors (Lipinski definition) is 1. The Balaban J connectivity index is 2.31. The Hall–Kier alpha value is -1.85. The van der Waals surface area contributed by atoms with Crippen LogP contribution in [0.25, 0.3) is 0 Å². The summed E-state index contributed by atoms with van der Waals surface area (Å²) in [6.07, 6.45) is 5.67. The molecule has 0 aromatic rings. The van der Waals surface area contributed by atoms with Crippen molar-refractivity contribution in [2.24, 2.45) is 23.7 Å². The second-order valence-corrected chi connectivity index (χ2v) is 8.19. The summed E-state index contributed by atoms with van der Waals surface area (Å²) in [5, 5.41) is 8.81. The number of carboxylic acids is 1. The van der Waals surface area contributed by atoms with Gasteiger partial charge in [0.05, 0.1) is 0 Å². The van der Waals surface area contributed by atoms with E-state index in [1.54, 1.807) is 0 Å². The zero-order valence-corrected chi connectivity index (χ0v) is 15.6. The fraction of sp³-hybridized carbons (Fsp3) is 0.737. The highest BCUT2D eigenvalue weighted by atomic mass is 16.6. The Bertz CT molecular complexity index is 589. The molecule has 6 heteroatoms. The van der Waals surface area contributed by atoms with Crippen LogP contribution in [-0.2, 0) is 23.9 Å². The van der Waals surface area contributed by atoms with E-state index < -0.39 is 29.6 Å². The lowest BCUT2D eigenvalue weighted by Gasteiger charge is -2.55. The van der Waals surface area contributed by atoms with Gasteiger partial charge in [-0.3, -0.25) is 14.4 Å². The van der Waals surface area contributed by atoms with E-state index >= 15 is 0 Å². The summed E-state index contributed by atoms with van der Waals surface area (Å²) in [6.45, 7) is 8.84. The van der Waals surface area contributed by atoms with Crippen LogP contribution in [-0.4, -0.2) is 34.2 Å². The van der Waals surface area contributed by atoms with Gasteiger partial charge in [0.25, 0.3) is 0 Å². The highest BCUT2D eigenvalue weighted by Crippen LogP contribution is 2.54. The number of carbonyl (C=O) groups is 3. The maximum absolute atomic E-state index is 11.9. The third-order valence-electron chi connectivity index (χ3n) is 5.43. The van der Waals surface area contributed by atoms with Crippen LogP contribution >= 0.6 is 0 Å². The molecule has 0 spiro atoms. The van der Waals surface area contributed by atoms with Crippen LogP contribution in [0.2, 0.25) is 0 Å². The van der Waals surface area contributed by atoms with Crippen LogP contribution in [0.1, 0.15) is 53.9 Å². The second-order valence-electron chi connectivity index (χ2n) is 8.19. The highest BCUT2D eigenvalue weighted by Gasteiger charge is 2.55. The van der Waals surface area contributed by atoms with Crippen molar-refractivity contribution in [3.8, 4) is 0 Å². The third kappa shape index (κ3) is 4.22. The normalized spacial score (nSPS) is 28.5. The van der Waals surface area contributed by atoms with E-state index in [1.165, 1.54) is 6.92 Å². The van der Waals surface area contributed by atoms with Gasteiger partial charge in [0.15, 0.2) is 0 Å². The first-order valence-electron chi connectivity index (χ1n) is 8.75. The third-order valence-corrected chi connectivity index (χ3v) is 5.43. The fourth-order valence-corrected chi connectivity index (χ4v) is 4.85. The maximum Gasteiger partial charge on any atom is 0.317 e. The Labute approximate surface area is 148 Å². The predicted molar refractivity (Wildman–Crippen MR) is 90.6 cm³/mol. The molecule has 1 saturated carbocycles. The van der Waals surface area contributed by atoms with E-state index in [4.69, 9.17) is 14.6 Å².